The van der Waals surface area contributed by atoms with Crippen molar-refractivity contribution in [2.45, 2.75) is 112 Å². The van der Waals surface area contributed by atoms with Crippen LogP contribution in [0.25, 0.3) is 0 Å². The van der Waals surface area contributed by atoms with Gasteiger partial charge in [-0.05, 0) is 115 Å². The maximum atomic E-state index is 10.8. The summed E-state index contributed by atoms with van der Waals surface area (Å²) in [5, 5.41) is 10.8. The first-order valence-corrected chi connectivity index (χ1v) is 12.7. The maximum absolute atomic E-state index is 10.8. The Morgan fingerprint density at radius 3 is 2.14 bits per heavy atom. The molecule has 0 aromatic heterocycles. The molecular formula is C27H46O. The maximum Gasteiger partial charge on any atom is 0.0594 e. The first-order valence-electron chi connectivity index (χ1n) is 12.7. The number of hydrogen-bond acceptors (Lipinski definition) is 1. The molecule has 10 atom stereocenters. The summed E-state index contributed by atoms with van der Waals surface area (Å²) in [6.07, 6.45) is 13.9. The Hall–Kier alpha value is -0.0400. The third-order valence-electron chi connectivity index (χ3n) is 12.6. The summed E-state index contributed by atoms with van der Waals surface area (Å²) in [7, 11) is 0. The van der Waals surface area contributed by atoms with Crippen LogP contribution < -0.4 is 0 Å². The predicted octanol–water partition coefficient (Wildman–Crippen LogP) is 7.08. The van der Waals surface area contributed by atoms with Crippen molar-refractivity contribution in [2.24, 2.45) is 57.2 Å². The van der Waals surface area contributed by atoms with Crippen molar-refractivity contribution < 1.29 is 5.11 Å². The lowest BCUT2D eigenvalue weighted by molar-refractivity contribution is -0.241. The van der Waals surface area contributed by atoms with Gasteiger partial charge in [-0.3, -0.25) is 0 Å². The number of rotatable bonds is 0. The van der Waals surface area contributed by atoms with Crippen molar-refractivity contribution in [3.8, 4) is 0 Å². The highest BCUT2D eigenvalue weighted by Gasteiger charge is 2.68. The summed E-state index contributed by atoms with van der Waals surface area (Å²) in [5.74, 6) is 5.57. The van der Waals surface area contributed by atoms with Gasteiger partial charge in [0.15, 0.2) is 0 Å². The Kier molecular flexibility index (Phi) is 4.27. The first kappa shape index (κ1) is 19.9. The third kappa shape index (κ3) is 2.24. The van der Waals surface area contributed by atoms with Gasteiger partial charge in [0, 0.05) is 0 Å². The molecule has 0 aromatic carbocycles. The van der Waals surface area contributed by atoms with E-state index in [9.17, 15) is 5.11 Å². The van der Waals surface area contributed by atoms with Gasteiger partial charge in [0.25, 0.3) is 0 Å². The molecular weight excluding hydrogens is 340 g/mol. The number of aliphatic hydroxyl groups excluding tert-OH is 1. The van der Waals surface area contributed by atoms with Gasteiger partial charge in [-0.2, -0.15) is 0 Å². The average molecular weight is 387 g/mol. The van der Waals surface area contributed by atoms with Gasteiger partial charge in [-0.1, -0.05) is 48.0 Å². The lowest BCUT2D eigenvalue weighted by Crippen LogP contribution is -2.65. The van der Waals surface area contributed by atoms with Crippen LogP contribution in [0.1, 0.15) is 106 Å². The van der Waals surface area contributed by atoms with E-state index in [1.165, 1.54) is 57.8 Å². The largest absolute Gasteiger partial charge is 0.393 e. The van der Waals surface area contributed by atoms with Gasteiger partial charge in [0.2, 0.25) is 0 Å². The van der Waals surface area contributed by atoms with E-state index < -0.39 is 0 Å². The molecule has 5 fully saturated rings. The van der Waals surface area contributed by atoms with E-state index in [2.05, 4.69) is 41.5 Å². The third-order valence-corrected chi connectivity index (χ3v) is 12.6. The summed E-state index contributed by atoms with van der Waals surface area (Å²) in [6.45, 7) is 15.5. The second kappa shape index (κ2) is 6.02. The zero-order valence-electron chi connectivity index (χ0n) is 19.6. The van der Waals surface area contributed by atoms with Crippen LogP contribution in [0.15, 0.2) is 0 Å². The smallest absolute Gasteiger partial charge is 0.0594 e. The number of aliphatic hydroxyl groups is 1. The summed E-state index contributed by atoms with van der Waals surface area (Å²) >= 11 is 0. The number of fused-ring (bicyclic) bond motifs is 7. The van der Waals surface area contributed by atoms with Crippen molar-refractivity contribution in [3.63, 3.8) is 0 Å². The highest BCUT2D eigenvalue weighted by atomic mass is 16.3. The van der Waals surface area contributed by atoms with E-state index in [0.717, 1.165) is 36.0 Å². The molecule has 5 rings (SSSR count). The predicted molar refractivity (Wildman–Crippen MR) is 117 cm³/mol. The van der Waals surface area contributed by atoms with Gasteiger partial charge >= 0.3 is 0 Å². The topological polar surface area (TPSA) is 20.2 Å². The molecule has 1 nitrogen and oxygen atoms in total. The molecule has 1 heteroatoms. The molecule has 0 heterocycles. The van der Waals surface area contributed by atoms with Crippen molar-refractivity contribution in [3.05, 3.63) is 0 Å². The van der Waals surface area contributed by atoms with Crippen LogP contribution in [0.5, 0.6) is 0 Å². The van der Waals surface area contributed by atoms with Crippen LogP contribution in [-0.2, 0) is 0 Å². The molecule has 5 aliphatic carbocycles. The van der Waals surface area contributed by atoms with Gasteiger partial charge in [-0.25, -0.2) is 0 Å². The fourth-order valence-electron chi connectivity index (χ4n) is 10.9. The minimum absolute atomic E-state index is 0.0870. The van der Waals surface area contributed by atoms with Crippen LogP contribution in [0.2, 0.25) is 0 Å². The molecule has 0 radical (unpaired) electrons. The molecule has 0 saturated heterocycles. The lowest BCUT2D eigenvalue weighted by atomic mass is 9.33. The minimum atomic E-state index is -0.100. The standard InChI is InChI=1S/C27H46O/c1-17-7-8-18-11-15-26(5)19(23(17)18)9-10-21-25(4)14-13-22(28)24(2,3)20(25)12-16-27(21,26)6/h17-23,28H,7-16H2,1-6H3/t17?,18?,19?,20?,21?,22?,23?,25?,26?,27-/m0/s1. The number of hydrogen-bond donors (Lipinski definition) is 1. The molecule has 0 bridgehead atoms. The van der Waals surface area contributed by atoms with E-state index in [-0.39, 0.29) is 11.5 Å². The molecule has 9 unspecified atom stereocenters. The Morgan fingerprint density at radius 1 is 0.679 bits per heavy atom. The van der Waals surface area contributed by atoms with Crippen molar-refractivity contribution in [1.82, 2.24) is 0 Å². The van der Waals surface area contributed by atoms with Gasteiger partial charge < -0.3 is 5.11 Å². The van der Waals surface area contributed by atoms with Crippen molar-refractivity contribution >= 4 is 0 Å². The quantitative estimate of drug-likeness (QED) is 0.471. The minimum Gasteiger partial charge on any atom is -0.393 e. The van der Waals surface area contributed by atoms with E-state index >= 15 is 0 Å². The van der Waals surface area contributed by atoms with Crippen LogP contribution in [-0.4, -0.2) is 11.2 Å². The molecule has 28 heavy (non-hydrogen) atoms. The van der Waals surface area contributed by atoms with Crippen LogP contribution in [0.4, 0.5) is 0 Å². The Bertz CT molecular complexity index is 638. The van der Waals surface area contributed by atoms with Crippen molar-refractivity contribution in [1.29, 1.82) is 0 Å². The fraction of sp³-hybridized carbons (Fsp3) is 1.00. The zero-order chi connectivity index (χ0) is 20.1. The molecule has 5 aliphatic rings. The van der Waals surface area contributed by atoms with E-state index in [0.29, 0.717) is 22.2 Å². The van der Waals surface area contributed by atoms with E-state index in [1.54, 1.807) is 0 Å². The molecule has 5 saturated carbocycles. The van der Waals surface area contributed by atoms with E-state index in [4.69, 9.17) is 0 Å². The van der Waals surface area contributed by atoms with Crippen LogP contribution in [0, 0.1) is 57.2 Å². The normalized spacial score (nSPS) is 60.3. The Labute approximate surface area is 174 Å². The molecule has 0 aromatic rings. The fourth-order valence-corrected chi connectivity index (χ4v) is 10.9. The molecule has 0 spiro atoms. The Morgan fingerprint density at radius 2 is 1.39 bits per heavy atom. The second-order valence-corrected chi connectivity index (χ2v) is 13.5. The van der Waals surface area contributed by atoms with Gasteiger partial charge in [0.05, 0.1) is 6.10 Å². The first-order chi connectivity index (χ1) is 13.1. The Balaban J connectivity index is 1.53. The summed E-state index contributed by atoms with van der Waals surface area (Å²) in [6, 6.07) is 0. The monoisotopic (exact) mass is 386 g/mol. The lowest BCUT2D eigenvalue weighted by Gasteiger charge is -2.72. The van der Waals surface area contributed by atoms with Crippen molar-refractivity contribution in [2.75, 3.05) is 0 Å². The summed E-state index contributed by atoms with van der Waals surface area (Å²) in [5.41, 5.74) is 1.57. The molecule has 0 amide bonds. The zero-order valence-corrected chi connectivity index (χ0v) is 19.6. The molecule has 160 valence electrons. The highest BCUT2D eigenvalue weighted by Crippen LogP contribution is 2.75. The average Bonchev–Trinajstić information content (AvgIpc) is 3.00. The highest BCUT2D eigenvalue weighted by molar-refractivity contribution is 5.17. The summed E-state index contributed by atoms with van der Waals surface area (Å²) < 4.78 is 0. The summed E-state index contributed by atoms with van der Waals surface area (Å²) in [4.78, 5) is 0. The van der Waals surface area contributed by atoms with Crippen LogP contribution in [0.3, 0.4) is 0 Å². The second-order valence-electron chi connectivity index (χ2n) is 13.5. The molecule has 0 aliphatic heterocycles. The van der Waals surface area contributed by atoms with Gasteiger partial charge in [0.1, 0.15) is 0 Å². The SMILES string of the molecule is CC1CCC2CCC3(C)C(CCC4C5(C)CCC(O)C(C)(C)C5CC[C@@]43C)C12. The van der Waals surface area contributed by atoms with Crippen LogP contribution >= 0.6 is 0 Å². The van der Waals surface area contributed by atoms with Gasteiger partial charge in [-0.15, -0.1) is 0 Å². The molecule has 1 N–H and O–H groups in total. The van der Waals surface area contributed by atoms with E-state index in [1.807, 2.05) is 0 Å².